The Bertz CT molecular complexity index is 1280. The molecule has 0 heterocycles. The number of ketones is 1. The largest absolute Gasteiger partial charge is 0.454 e. The zero-order valence-electron chi connectivity index (χ0n) is 18.3. The predicted molar refractivity (Wildman–Crippen MR) is 121 cm³/mol. The fourth-order valence-corrected chi connectivity index (χ4v) is 4.20. The Morgan fingerprint density at radius 2 is 1.59 bits per heavy atom. The summed E-state index contributed by atoms with van der Waals surface area (Å²) >= 11 is 0. The van der Waals surface area contributed by atoms with Gasteiger partial charge in [-0.05, 0) is 61.5 Å². The number of rotatable bonds is 9. The summed E-state index contributed by atoms with van der Waals surface area (Å²) in [5.74, 6) is -1.57. The van der Waals surface area contributed by atoms with E-state index < -0.39 is 35.0 Å². The van der Waals surface area contributed by atoms with Crippen molar-refractivity contribution in [1.29, 1.82) is 0 Å². The Morgan fingerprint density at radius 3 is 2.21 bits per heavy atom. The summed E-state index contributed by atoms with van der Waals surface area (Å²) < 4.78 is 60.7. The molecule has 0 saturated carbocycles. The third-order valence-electron chi connectivity index (χ3n) is 4.86. The van der Waals surface area contributed by atoms with Crippen LogP contribution in [0.5, 0.6) is 5.75 Å². The van der Waals surface area contributed by atoms with Crippen LogP contribution in [0.4, 0.5) is 14.5 Å². The van der Waals surface area contributed by atoms with Crippen LogP contribution in [0.2, 0.25) is 0 Å². The molecule has 0 aliphatic rings. The molecule has 0 N–H and O–H groups in total. The van der Waals surface area contributed by atoms with Crippen LogP contribution >= 0.6 is 0 Å². The quantitative estimate of drug-likeness (QED) is 0.326. The number of hydrogen-bond donors (Lipinski definition) is 0. The molecule has 0 radical (unpaired) electrons. The van der Waals surface area contributed by atoms with Gasteiger partial charge in [-0.25, -0.2) is 13.2 Å². The van der Waals surface area contributed by atoms with E-state index in [4.69, 9.17) is 4.74 Å². The van der Waals surface area contributed by atoms with E-state index in [-0.39, 0.29) is 21.8 Å². The third-order valence-corrected chi connectivity index (χ3v) is 6.64. The zero-order valence-corrected chi connectivity index (χ0v) is 19.1. The lowest BCUT2D eigenvalue weighted by Crippen LogP contribution is -2.26. The number of alkyl halides is 2. The Balaban J connectivity index is 1.68. The van der Waals surface area contributed by atoms with Crippen LogP contribution in [-0.2, 0) is 14.8 Å². The maximum absolute atomic E-state index is 13.0. The summed E-state index contributed by atoms with van der Waals surface area (Å²) in [7, 11) is -2.55. The monoisotopic (exact) mass is 489 g/mol. The number of halogens is 2. The molecule has 0 amide bonds. The molecule has 0 atom stereocenters. The van der Waals surface area contributed by atoms with Gasteiger partial charge in [0.1, 0.15) is 5.75 Å². The van der Waals surface area contributed by atoms with Crippen molar-refractivity contribution in [2.24, 2.45) is 0 Å². The van der Waals surface area contributed by atoms with Gasteiger partial charge in [0, 0.05) is 12.6 Å². The molecular formula is C24H21F2NO6S. The molecule has 0 fully saturated rings. The topological polar surface area (TPSA) is 90.0 Å². The van der Waals surface area contributed by atoms with Crippen LogP contribution in [-0.4, -0.2) is 40.4 Å². The van der Waals surface area contributed by atoms with Gasteiger partial charge in [-0.3, -0.25) is 9.10 Å². The van der Waals surface area contributed by atoms with Crippen molar-refractivity contribution in [3.8, 4) is 5.75 Å². The maximum atomic E-state index is 13.0. The first-order chi connectivity index (χ1) is 16.1. The molecule has 0 spiro atoms. The summed E-state index contributed by atoms with van der Waals surface area (Å²) in [4.78, 5) is 24.5. The summed E-state index contributed by atoms with van der Waals surface area (Å²) in [6.45, 7) is -1.72. The molecule has 34 heavy (non-hydrogen) atoms. The second-order valence-electron chi connectivity index (χ2n) is 7.24. The normalized spacial score (nSPS) is 11.2. The molecule has 178 valence electrons. The van der Waals surface area contributed by atoms with Crippen LogP contribution in [0.25, 0.3) is 0 Å². The van der Waals surface area contributed by atoms with Gasteiger partial charge in [0.2, 0.25) is 0 Å². The van der Waals surface area contributed by atoms with Gasteiger partial charge < -0.3 is 9.47 Å². The summed E-state index contributed by atoms with van der Waals surface area (Å²) in [5.41, 5.74) is 1.51. The van der Waals surface area contributed by atoms with E-state index in [2.05, 4.69) is 4.74 Å². The first kappa shape index (κ1) is 24.8. The van der Waals surface area contributed by atoms with Crippen LogP contribution in [0.15, 0.2) is 77.7 Å². The number of aryl methyl sites for hydroxylation is 1. The van der Waals surface area contributed by atoms with Crippen LogP contribution < -0.4 is 9.04 Å². The van der Waals surface area contributed by atoms with Crippen molar-refractivity contribution in [1.82, 2.24) is 0 Å². The number of carbonyl (C=O) groups excluding carboxylic acids is 2. The fourth-order valence-electron chi connectivity index (χ4n) is 2.96. The number of esters is 1. The van der Waals surface area contributed by atoms with E-state index in [1.165, 1.54) is 55.6 Å². The number of sulfonamides is 1. The van der Waals surface area contributed by atoms with Crippen molar-refractivity contribution in [3.63, 3.8) is 0 Å². The van der Waals surface area contributed by atoms with Crippen LogP contribution in [0.3, 0.4) is 0 Å². The minimum atomic E-state index is -3.95. The SMILES string of the molecule is Cc1ccc(N(C)S(=O)(=O)c2cccc(C(=O)OCC(=O)c3ccc(OC(F)F)cc3)c2)cc1. The lowest BCUT2D eigenvalue weighted by molar-refractivity contribution is -0.0498. The van der Waals surface area contributed by atoms with Gasteiger partial charge in [0.25, 0.3) is 10.0 Å². The van der Waals surface area contributed by atoms with E-state index in [9.17, 15) is 26.8 Å². The molecule has 0 aromatic heterocycles. The van der Waals surface area contributed by atoms with Crippen molar-refractivity contribution < 1.29 is 36.3 Å². The summed E-state index contributed by atoms with van der Waals surface area (Å²) in [6, 6.07) is 17.1. The Morgan fingerprint density at radius 1 is 0.941 bits per heavy atom. The predicted octanol–water partition coefficient (Wildman–Crippen LogP) is 4.46. The first-order valence-corrected chi connectivity index (χ1v) is 11.4. The Kier molecular flexibility index (Phi) is 7.62. The molecule has 0 unspecified atom stereocenters. The average molecular weight is 489 g/mol. The second kappa shape index (κ2) is 10.4. The smallest absolute Gasteiger partial charge is 0.387 e. The highest BCUT2D eigenvalue weighted by molar-refractivity contribution is 7.92. The first-order valence-electron chi connectivity index (χ1n) is 9.99. The average Bonchev–Trinajstić information content (AvgIpc) is 2.82. The van der Waals surface area contributed by atoms with E-state index in [1.54, 1.807) is 24.3 Å². The molecule has 0 bridgehead atoms. The van der Waals surface area contributed by atoms with E-state index in [0.29, 0.717) is 5.69 Å². The molecule has 3 aromatic carbocycles. The summed E-state index contributed by atoms with van der Waals surface area (Å²) in [5, 5.41) is 0. The van der Waals surface area contributed by atoms with Gasteiger partial charge in [-0.15, -0.1) is 0 Å². The van der Waals surface area contributed by atoms with Crippen molar-refractivity contribution in [3.05, 3.63) is 89.5 Å². The molecule has 0 aliphatic heterocycles. The van der Waals surface area contributed by atoms with Gasteiger partial charge in [0.15, 0.2) is 12.4 Å². The highest BCUT2D eigenvalue weighted by Crippen LogP contribution is 2.23. The number of Topliss-reactive ketones (excluding diaryl/α,β-unsaturated/α-hetero) is 1. The number of benzene rings is 3. The number of hydrogen-bond acceptors (Lipinski definition) is 6. The zero-order chi connectivity index (χ0) is 24.9. The molecule has 3 aromatic rings. The molecule has 7 nitrogen and oxygen atoms in total. The highest BCUT2D eigenvalue weighted by atomic mass is 32.2. The minimum Gasteiger partial charge on any atom is -0.454 e. The highest BCUT2D eigenvalue weighted by Gasteiger charge is 2.23. The van der Waals surface area contributed by atoms with Crippen molar-refractivity contribution >= 4 is 27.5 Å². The van der Waals surface area contributed by atoms with E-state index in [0.717, 1.165) is 9.87 Å². The van der Waals surface area contributed by atoms with Crippen molar-refractivity contribution in [2.45, 2.75) is 18.4 Å². The van der Waals surface area contributed by atoms with E-state index in [1.807, 2.05) is 6.92 Å². The number of anilines is 1. The Labute approximate surface area is 195 Å². The third kappa shape index (κ3) is 5.96. The Hall–Kier alpha value is -3.79. The number of ether oxygens (including phenoxy) is 2. The standard InChI is InChI=1S/C24H21F2NO6S/c1-16-6-10-19(11-7-16)27(2)34(30,31)21-5-3-4-18(14-21)23(29)32-15-22(28)17-8-12-20(13-9-17)33-24(25)26/h3-14,24H,15H2,1-2H3. The summed E-state index contributed by atoms with van der Waals surface area (Å²) in [6.07, 6.45) is 0. The minimum absolute atomic E-state index is 0.0492. The van der Waals surface area contributed by atoms with Gasteiger partial charge in [-0.1, -0.05) is 23.8 Å². The van der Waals surface area contributed by atoms with Gasteiger partial charge >= 0.3 is 12.6 Å². The van der Waals surface area contributed by atoms with Crippen LogP contribution in [0, 0.1) is 6.92 Å². The maximum Gasteiger partial charge on any atom is 0.387 e. The molecule has 10 heteroatoms. The van der Waals surface area contributed by atoms with Gasteiger partial charge in [-0.2, -0.15) is 8.78 Å². The molecular weight excluding hydrogens is 468 g/mol. The molecule has 0 aliphatic carbocycles. The van der Waals surface area contributed by atoms with Crippen LogP contribution in [0.1, 0.15) is 26.3 Å². The lowest BCUT2D eigenvalue weighted by Gasteiger charge is -2.20. The fraction of sp³-hybridized carbons (Fsp3) is 0.167. The van der Waals surface area contributed by atoms with Crippen molar-refractivity contribution in [2.75, 3.05) is 18.0 Å². The second-order valence-corrected chi connectivity index (χ2v) is 9.21. The lowest BCUT2D eigenvalue weighted by atomic mass is 10.1. The molecule has 0 saturated heterocycles. The number of carbonyl (C=O) groups is 2. The van der Waals surface area contributed by atoms with Gasteiger partial charge in [0.05, 0.1) is 16.1 Å². The molecule has 3 rings (SSSR count). The van der Waals surface area contributed by atoms with E-state index >= 15 is 0 Å². The number of nitrogens with zero attached hydrogens (tertiary/aromatic N) is 1.